The molecule has 2 heterocycles. The number of rotatable bonds is 5. The van der Waals surface area contributed by atoms with Crippen molar-refractivity contribution in [3.8, 4) is 10.6 Å². The molecule has 0 spiro atoms. The molecular weight excluding hydrogens is 326 g/mol. The van der Waals surface area contributed by atoms with E-state index in [4.69, 9.17) is 4.74 Å². The van der Waals surface area contributed by atoms with Crippen LogP contribution in [0.1, 0.15) is 5.69 Å². The predicted molar refractivity (Wildman–Crippen MR) is 82.7 cm³/mol. The molecule has 2 aromatic rings. The lowest BCUT2D eigenvalue weighted by molar-refractivity contribution is -0.147. The van der Waals surface area contributed by atoms with Crippen molar-refractivity contribution in [1.29, 1.82) is 0 Å². The Balaban J connectivity index is 1.80. The third-order valence-corrected chi connectivity index (χ3v) is 4.11. The van der Waals surface area contributed by atoms with Gasteiger partial charge in [-0.15, -0.1) is 11.3 Å². The number of aromatic nitrogens is 1. The molecule has 0 atom stereocenters. The molecule has 0 fully saturated rings. The van der Waals surface area contributed by atoms with Gasteiger partial charge < -0.3 is 10.1 Å². The molecule has 0 aliphatic rings. The van der Waals surface area contributed by atoms with Gasteiger partial charge in [-0.25, -0.2) is 9.78 Å². The monoisotopic (exact) mass is 339 g/mol. The lowest BCUT2D eigenvalue weighted by atomic mass is 10.3. The predicted octanol–water partition coefficient (Wildman–Crippen LogP) is 1.41. The molecule has 0 bridgehead atoms. The van der Waals surface area contributed by atoms with E-state index in [0.717, 1.165) is 10.6 Å². The highest BCUT2D eigenvalue weighted by molar-refractivity contribution is 7.14. The number of urea groups is 1. The Morgan fingerprint density at radius 1 is 1.32 bits per heavy atom. The standard InChI is InChI=1S/C13H13N3O4S2/c1-14-13(19)16-10(17)5-20-11(18)4-9-7-22-12(15-9)8-2-3-21-6-8/h2-3,6-7H,4-5H2,1H3,(H2,14,16,17,19). The molecule has 0 unspecified atom stereocenters. The minimum absolute atomic E-state index is 0.0199. The summed E-state index contributed by atoms with van der Waals surface area (Å²) in [5.74, 6) is -1.26. The molecule has 116 valence electrons. The number of hydrogen-bond donors (Lipinski definition) is 2. The van der Waals surface area contributed by atoms with Gasteiger partial charge in [0, 0.05) is 23.4 Å². The summed E-state index contributed by atoms with van der Waals surface area (Å²) in [6, 6.07) is 1.30. The van der Waals surface area contributed by atoms with Crippen molar-refractivity contribution < 1.29 is 19.1 Å². The third kappa shape index (κ3) is 4.64. The molecule has 0 saturated heterocycles. The van der Waals surface area contributed by atoms with Gasteiger partial charge in [0.2, 0.25) is 0 Å². The molecule has 22 heavy (non-hydrogen) atoms. The summed E-state index contributed by atoms with van der Waals surface area (Å²) in [4.78, 5) is 38.1. The zero-order valence-corrected chi connectivity index (χ0v) is 13.3. The lowest BCUT2D eigenvalue weighted by Gasteiger charge is -2.04. The zero-order chi connectivity index (χ0) is 15.9. The molecular formula is C13H13N3O4S2. The average molecular weight is 339 g/mol. The van der Waals surface area contributed by atoms with E-state index >= 15 is 0 Å². The van der Waals surface area contributed by atoms with Gasteiger partial charge in [-0.1, -0.05) is 0 Å². The number of esters is 1. The molecule has 0 aliphatic heterocycles. The highest BCUT2D eigenvalue weighted by Gasteiger charge is 2.13. The minimum atomic E-state index is -0.690. The maximum absolute atomic E-state index is 11.6. The van der Waals surface area contributed by atoms with Crippen LogP contribution in [0.2, 0.25) is 0 Å². The van der Waals surface area contributed by atoms with E-state index in [0.29, 0.717) is 5.69 Å². The lowest BCUT2D eigenvalue weighted by Crippen LogP contribution is -2.39. The van der Waals surface area contributed by atoms with Crippen LogP contribution in [0, 0.1) is 0 Å². The molecule has 0 aromatic carbocycles. The fourth-order valence-corrected chi connectivity index (χ4v) is 3.01. The Bertz CT molecular complexity index is 667. The number of carbonyl (C=O) groups excluding carboxylic acids is 3. The van der Waals surface area contributed by atoms with Crippen LogP contribution in [0.5, 0.6) is 0 Å². The zero-order valence-electron chi connectivity index (χ0n) is 11.6. The first kappa shape index (κ1) is 16.1. The van der Waals surface area contributed by atoms with Crippen LogP contribution in [0.3, 0.4) is 0 Å². The van der Waals surface area contributed by atoms with E-state index in [1.165, 1.54) is 18.4 Å². The molecule has 2 rings (SSSR count). The normalized spacial score (nSPS) is 10.0. The highest BCUT2D eigenvalue weighted by atomic mass is 32.1. The maximum atomic E-state index is 11.6. The molecule has 3 amide bonds. The number of thiazole rings is 1. The molecule has 7 nitrogen and oxygen atoms in total. The van der Waals surface area contributed by atoms with Crippen molar-refractivity contribution in [2.45, 2.75) is 6.42 Å². The smallest absolute Gasteiger partial charge is 0.321 e. The molecule has 9 heteroatoms. The van der Waals surface area contributed by atoms with E-state index in [1.807, 2.05) is 22.1 Å². The summed E-state index contributed by atoms with van der Waals surface area (Å²) in [5.41, 5.74) is 1.60. The number of carbonyl (C=O) groups is 3. The van der Waals surface area contributed by atoms with Crippen molar-refractivity contribution in [3.05, 3.63) is 27.9 Å². The fourth-order valence-electron chi connectivity index (χ4n) is 1.48. The second kappa shape index (κ2) is 7.66. The highest BCUT2D eigenvalue weighted by Crippen LogP contribution is 2.25. The second-order valence-corrected chi connectivity index (χ2v) is 5.76. The van der Waals surface area contributed by atoms with E-state index in [9.17, 15) is 14.4 Å². The van der Waals surface area contributed by atoms with Gasteiger partial charge in [-0.05, 0) is 11.4 Å². The van der Waals surface area contributed by atoms with Gasteiger partial charge in [-0.2, -0.15) is 11.3 Å². The first-order valence-electron chi connectivity index (χ1n) is 6.22. The Morgan fingerprint density at radius 2 is 2.14 bits per heavy atom. The average Bonchev–Trinajstić information content (AvgIpc) is 3.15. The van der Waals surface area contributed by atoms with Gasteiger partial charge in [0.25, 0.3) is 5.91 Å². The van der Waals surface area contributed by atoms with E-state index in [1.54, 1.807) is 16.7 Å². The number of amides is 3. The minimum Gasteiger partial charge on any atom is -0.455 e. The van der Waals surface area contributed by atoms with Crippen molar-refractivity contribution in [3.63, 3.8) is 0 Å². The number of hydrogen-bond acceptors (Lipinski definition) is 7. The third-order valence-electron chi connectivity index (χ3n) is 2.49. The van der Waals surface area contributed by atoms with Crippen LogP contribution in [0.25, 0.3) is 10.6 Å². The summed E-state index contributed by atoms with van der Waals surface area (Å²) in [6.07, 6.45) is -0.0199. The van der Waals surface area contributed by atoms with E-state index in [-0.39, 0.29) is 6.42 Å². The second-order valence-electron chi connectivity index (χ2n) is 4.12. The van der Waals surface area contributed by atoms with Gasteiger partial charge in [0.05, 0.1) is 12.1 Å². The molecule has 2 N–H and O–H groups in total. The van der Waals surface area contributed by atoms with Gasteiger partial charge >= 0.3 is 12.0 Å². The SMILES string of the molecule is CNC(=O)NC(=O)COC(=O)Cc1csc(-c2ccsc2)n1. The maximum Gasteiger partial charge on any atom is 0.321 e. The van der Waals surface area contributed by atoms with Crippen molar-refractivity contribution in [1.82, 2.24) is 15.6 Å². The Labute approximate surface area is 134 Å². The van der Waals surface area contributed by atoms with Crippen LogP contribution in [0.15, 0.2) is 22.2 Å². The van der Waals surface area contributed by atoms with Crippen molar-refractivity contribution in [2.24, 2.45) is 0 Å². The van der Waals surface area contributed by atoms with E-state index in [2.05, 4.69) is 10.3 Å². The van der Waals surface area contributed by atoms with Gasteiger partial charge in [0.1, 0.15) is 5.01 Å². The summed E-state index contributed by atoms with van der Waals surface area (Å²) in [7, 11) is 1.38. The molecule has 2 aromatic heterocycles. The molecule has 0 aliphatic carbocycles. The largest absolute Gasteiger partial charge is 0.455 e. The number of nitrogens with zero attached hydrogens (tertiary/aromatic N) is 1. The van der Waals surface area contributed by atoms with Gasteiger partial charge in [-0.3, -0.25) is 14.9 Å². The Morgan fingerprint density at radius 3 is 2.82 bits per heavy atom. The first-order chi connectivity index (χ1) is 10.6. The van der Waals surface area contributed by atoms with Crippen molar-refractivity contribution in [2.75, 3.05) is 13.7 Å². The summed E-state index contributed by atoms with van der Waals surface area (Å²) in [6.45, 7) is -0.506. The van der Waals surface area contributed by atoms with Crippen LogP contribution >= 0.6 is 22.7 Å². The summed E-state index contributed by atoms with van der Waals surface area (Å²) >= 11 is 3.01. The number of thiophene rings is 1. The van der Waals surface area contributed by atoms with Crippen LogP contribution in [-0.2, 0) is 20.7 Å². The first-order valence-corrected chi connectivity index (χ1v) is 8.05. The van der Waals surface area contributed by atoms with Crippen LogP contribution < -0.4 is 10.6 Å². The van der Waals surface area contributed by atoms with Crippen LogP contribution in [-0.4, -0.2) is 36.5 Å². The number of imide groups is 1. The fraction of sp³-hybridized carbons (Fsp3) is 0.231. The quantitative estimate of drug-likeness (QED) is 0.803. The molecule has 0 radical (unpaired) electrons. The number of nitrogens with one attached hydrogen (secondary N) is 2. The number of ether oxygens (including phenoxy) is 1. The topological polar surface area (TPSA) is 97.4 Å². The summed E-state index contributed by atoms with van der Waals surface area (Å²) < 4.78 is 4.79. The molecule has 0 saturated carbocycles. The van der Waals surface area contributed by atoms with Crippen molar-refractivity contribution >= 4 is 40.6 Å². The Hall–Kier alpha value is -2.26. The summed E-state index contributed by atoms with van der Waals surface area (Å²) in [5, 5.41) is 10.8. The van der Waals surface area contributed by atoms with E-state index < -0.39 is 24.5 Å². The van der Waals surface area contributed by atoms with Gasteiger partial charge in [0.15, 0.2) is 6.61 Å². The Kier molecular flexibility index (Phi) is 5.61. The van der Waals surface area contributed by atoms with Crippen LogP contribution in [0.4, 0.5) is 4.79 Å².